The van der Waals surface area contributed by atoms with E-state index in [0.717, 1.165) is 17.1 Å². The number of aromatic nitrogens is 2. The molecule has 0 aliphatic heterocycles. The van der Waals surface area contributed by atoms with Crippen molar-refractivity contribution >= 4 is 17.4 Å². The first-order chi connectivity index (χ1) is 8.79. The summed E-state index contributed by atoms with van der Waals surface area (Å²) < 4.78 is 38.4. The van der Waals surface area contributed by atoms with Crippen LogP contribution in [0.15, 0.2) is 30.6 Å². The first kappa shape index (κ1) is 13.4. The average molecular weight is 289 g/mol. The highest BCUT2D eigenvalue weighted by atomic mass is 35.5. The number of alkyl halides is 3. The highest BCUT2D eigenvalue weighted by Crippen LogP contribution is 2.30. The first-order valence-corrected chi connectivity index (χ1v) is 5.43. The van der Waals surface area contributed by atoms with Crippen molar-refractivity contribution in [2.24, 2.45) is 5.73 Å². The van der Waals surface area contributed by atoms with E-state index in [1.165, 1.54) is 18.2 Å². The molecule has 4 nitrogen and oxygen atoms in total. The van der Waals surface area contributed by atoms with Gasteiger partial charge in [0.05, 0.1) is 22.5 Å². The molecule has 1 aromatic carbocycles. The number of hydrogen-bond acceptors (Lipinski definition) is 2. The van der Waals surface area contributed by atoms with Gasteiger partial charge in [-0.3, -0.25) is 5.41 Å². The zero-order chi connectivity index (χ0) is 14.2. The van der Waals surface area contributed by atoms with E-state index < -0.39 is 11.7 Å². The van der Waals surface area contributed by atoms with E-state index in [1.807, 2.05) is 0 Å². The fourth-order valence-electron chi connectivity index (χ4n) is 1.46. The van der Waals surface area contributed by atoms with Crippen LogP contribution in [0.4, 0.5) is 13.2 Å². The summed E-state index contributed by atoms with van der Waals surface area (Å²) >= 11 is 5.94. The molecule has 8 heteroatoms. The van der Waals surface area contributed by atoms with Gasteiger partial charge in [0.15, 0.2) is 0 Å². The first-order valence-electron chi connectivity index (χ1n) is 5.05. The lowest BCUT2D eigenvalue weighted by Crippen LogP contribution is -2.11. The molecule has 0 aliphatic carbocycles. The molecule has 0 unspecified atom stereocenters. The number of nitrogen functional groups attached to an aromatic ring is 1. The van der Waals surface area contributed by atoms with Gasteiger partial charge in [-0.2, -0.15) is 18.3 Å². The molecule has 19 heavy (non-hydrogen) atoms. The second-order valence-corrected chi connectivity index (χ2v) is 4.16. The van der Waals surface area contributed by atoms with Crippen molar-refractivity contribution in [1.29, 1.82) is 5.41 Å². The fraction of sp³-hybridized carbons (Fsp3) is 0.0909. The molecule has 1 aromatic heterocycles. The summed E-state index contributed by atoms with van der Waals surface area (Å²) in [4.78, 5) is 0. The maximum atomic E-state index is 12.5. The van der Waals surface area contributed by atoms with Gasteiger partial charge in [0.25, 0.3) is 0 Å². The van der Waals surface area contributed by atoms with Gasteiger partial charge < -0.3 is 5.73 Å². The lowest BCUT2D eigenvalue weighted by molar-refractivity contribution is -0.137. The predicted octanol–water partition coefficient (Wildman–Crippen LogP) is 2.83. The van der Waals surface area contributed by atoms with Crippen LogP contribution in [-0.2, 0) is 6.18 Å². The molecule has 0 bridgehead atoms. The van der Waals surface area contributed by atoms with Gasteiger partial charge >= 0.3 is 6.18 Å². The van der Waals surface area contributed by atoms with Crippen LogP contribution in [0, 0.1) is 5.41 Å². The summed E-state index contributed by atoms with van der Waals surface area (Å²) in [6.07, 6.45) is -2.89. The summed E-state index contributed by atoms with van der Waals surface area (Å²) in [5, 5.41) is 11.0. The van der Waals surface area contributed by atoms with Gasteiger partial charge in [0.1, 0.15) is 5.84 Å². The molecule has 0 aliphatic rings. The third-order valence-corrected chi connectivity index (χ3v) is 2.72. The monoisotopic (exact) mass is 288 g/mol. The van der Waals surface area contributed by atoms with Crippen LogP contribution >= 0.6 is 11.6 Å². The molecular weight excluding hydrogens is 281 g/mol. The van der Waals surface area contributed by atoms with Crippen LogP contribution in [0.3, 0.4) is 0 Å². The van der Waals surface area contributed by atoms with E-state index in [-0.39, 0.29) is 16.5 Å². The third-order valence-electron chi connectivity index (χ3n) is 2.42. The van der Waals surface area contributed by atoms with Crippen molar-refractivity contribution in [2.75, 3.05) is 0 Å². The molecule has 0 saturated carbocycles. The Hall–Kier alpha value is -2.02. The second-order valence-electron chi connectivity index (χ2n) is 3.75. The summed E-state index contributed by atoms with van der Waals surface area (Å²) in [5.41, 5.74) is 5.09. The lowest BCUT2D eigenvalue weighted by atomic mass is 10.2. The summed E-state index contributed by atoms with van der Waals surface area (Å²) in [6.45, 7) is 0. The molecular formula is C11H8ClF3N4. The minimum Gasteiger partial charge on any atom is -0.384 e. The lowest BCUT2D eigenvalue weighted by Gasteiger charge is -2.06. The van der Waals surface area contributed by atoms with E-state index in [1.54, 1.807) is 0 Å². The molecule has 0 radical (unpaired) electrons. The van der Waals surface area contributed by atoms with Crippen LogP contribution in [-0.4, -0.2) is 15.6 Å². The van der Waals surface area contributed by atoms with Gasteiger partial charge in [0, 0.05) is 11.8 Å². The Morgan fingerprint density at radius 1 is 1.37 bits per heavy atom. The van der Waals surface area contributed by atoms with Crippen LogP contribution < -0.4 is 5.73 Å². The standard InChI is InChI=1S/C11H8ClF3N4/c12-8-3-6(10(16)17)1-2-9(8)19-5-7(4-18-19)11(13,14)15/h1-5H,(H3,16,17). The number of halogens is 4. The maximum Gasteiger partial charge on any atom is 0.419 e. The summed E-state index contributed by atoms with van der Waals surface area (Å²) in [5.74, 6) is -0.176. The van der Waals surface area contributed by atoms with Crippen molar-refractivity contribution in [2.45, 2.75) is 6.18 Å². The van der Waals surface area contributed by atoms with Crippen molar-refractivity contribution in [3.05, 3.63) is 46.7 Å². The number of benzene rings is 1. The van der Waals surface area contributed by atoms with Crippen LogP contribution in [0.25, 0.3) is 5.69 Å². The van der Waals surface area contributed by atoms with Gasteiger partial charge in [-0.1, -0.05) is 11.6 Å². The highest BCUT2D eigenvalue weighted by molar-refractivity contribution is 6.32. The Balaban J connectivity index is 2.43. The zero-order valence-electron chi connectivity index (χ0n) is 9.37. The average Bonchev–Trinajstić information content (AvgIpc) is 2.77. The molecule has 0 saturated heterocycles. The smallest absolute Gasteiger partial charge is 0.384 e. The van der Waals surface area contributed by atoms with Gasteiger partial charge in [0.2, 0.25) is 0 Å². The number of nitrogens with one attached hydrogen (secondary N) is 1. The number of hydrogen-bond donors (Lipinski definition) is 2. The Morgan fingerprint density at radius 3 is 2.53 bits per heavy atom. The minimum absolute atomic E-state index is 0.157. The third kappa shape index (κ3) is 2.70. The quantitative estimate of drug-likeness (QED) is 0.659. The zero-order valence-corrected chi connectivity index (χ0v) is 10.1. The van der Waals surface area contributed by atoms with Crippen molar-refractivity contribution in [3.8, 4) is 5.69 Å². The Bertz CT molecular complexity index is 633. The molecule has 0 amide bonds. The summed E-state index contributed by atoms with van der Waals surface area (Å²) in [7, 11) is 0. The predicted molar refractivity (Wildman–Crippen MR) is 64.6 cm³/mol. The molecule has 3 N–H and O–H groups in total. The van der Waals surface area contributed by atoms with Gasteiger partial charge in [-0.05, 0) is 18.2 Å². The van der Waals surface area contributed by atoms with Crippen molar-refractivity contribution < 1.29 is 13.2 Å². The molecule has 2 rings (SSSR count). The van der Waals surface area contributed by atoms with Crippen LogP contribution in [0.5, 0.6) is 0 Å². The number of amidine groups is 1. The molecule has 2 aromatic rings. The van der Waals surface area contributed by atoms with Gasteiger partial charge in [-0.25, -0.2) is 4.68 Å². The van der Waals surface area contributed by atoms with E-state index >= 15 is 0 Å². The Labute approximate surface area is 111 Å². The van der Waals surface area contributed by atoms with E-state index in [4.69, 9.17) is 22.7 Å². The fourth-order valence-corrected chi connectivity index (χ4v) is 1.73. The van der Waals surface area contributed by atoms with Crippen LogP contribution in [0.1, 0.15) is 11.1 Å². The Kier molecular flexibility index (Phi) is 3.23. The molecule has 0 spiro atoms. The highest BCUT2D eigenvalue weighted by Gasteiger charge is 2.32. The van der Waals surface area contributed by atoms with E-state index in [9.17, 15) is 13.2 Å². The molecule has 100 valence electrons. The van der Waals surface area contributed by atoms with Crippen molar-refractivity contribution in [3.63, 3.8) is 0 Å². The maximum absolute atomic E-state index is 12.5. The Morgan fingerprint density at radius 2 is 2.05 bits per heavy atom. The minimum atomic E-state index is -4.45. The van der Waals surface area contributed by atoms with Crippen LogP contribution in [0.2, 0.25) is 5.02 Å². The van der Waals surface area contributed by atoms with Crippen molar-refractivity contribution in [1.82, 2.24) is 9.78 Å². The second kappa shape index (κ2) is 4.58. The molecule has 0 atom stereocenters. The summed E-state index contributed by atoms with van der Waals surface area (Å²) in [6, 6.07) is 4.33. The number of nitrogens with two attached hydrogens (primary N) is 1. The number of rotatable bonds is 2. The SMILES string of the molecule is N=C(N)c1ccc(-n2cc(C(F)(F)F)cn2)c(Cl)c1. The molecule has 1 heterocycles. The van der Waals surface area contributed by atoms with E-state index in [2.05, 4.69) is 5.10 Å². The normalized spacial score (nSPS) is 11.6. The molecule has 0 fully saturated rings. The number of nitrogens with zero attached hydrogens (tertiary/aromatic N) is 2. The largest absolute Gasteiger partial charge is 0.419 e. The van der Waals surface area contributed by atoms with E-state index in [0.29, 0.717) is 5.56 Å². The topological polar surface area (TPSA) is 67.7 Å². The van der Waals surface area contributed by atoms with Gasteiger partial charge in [-0.15, -0.1) is 0 Å².